The number of rotatable bonds is 8. The van der Waals surface area contributed by atoms with Crippen molar-refractivity contribution in [3.63, 3.8) is 0 Å². The Kier molecular flexibility index (Phi) is 7.90. The summed E-state index contributed by atoms with van der Waals surface area (Å²) >= 11 is 11.9. The van der Waals surface area contributed by atoms with Gasteiger partial charge in [0.1, 0.15) is 6.04 Å². The Morgan fingerprint density at radius 3 is 2.36 bits per heavy atom. The number of amides is 3. The van der Waals surface area contributed by atoms with Gasteiger partial charge in [-0.2, -0.15) is 0 Å². The number of halogens is 2. The summed E-state index contributed by atoms with van der Waals surface area (Å²) in [5.74, 6) is -1.17. The van der Waals surface area contributed by atoms with Gasteiger partial charge in [-0.3, -0.25) is 14.4 Å². The van der Waals surface area contributed by atoms with E-state index in [1.807, 2.05) is 13.8 Å². The van der Waals surface area contributed by atoms with Gasteiger partial charge in [-0.15, -0.1) is 0 Å². The molecule has 3 N–H and O–H groups in total. The van der Waals surface area contributed by atoms with Crippen molar-refractivity contribution < 1.29 is 18.8 Å². The molecule has 1 atom stereocenters. The Hall–Kier alpha value is -2.51. The molecule has 0 saturated carbocycles. The first-order valence-corrected chi connectivity index (χ1v) is 9.40. The number of carbonyl (C=O) groups excluding carboxylic acids is 3. The number of hydrogen-bond acceptors (Lipinski definition) is 4. The smallest absolute Gasteiger partial charge is 0.287 e. The first-order valence-electron chi connectivity index (χ1n) is 8.65. The number of nitrogens with one attached hydrogen (secondary N) is 3. The average Bonchev–Trinajstić information content (AvgIpc) is 3.17. The fourth-order valence-corrected chi connectivity index (χ4v) is 2.89. The minimum atomic E-state index is -0.764. The van der Waals surface area contributed by atoms with E-state index in [1.165, 1.54) is 18.4 Å². The van der Waals surface area contributed by atoms with Crippen molar-refractivity contribution in [2.45, 2.75) is 19.9 Å². The van der Waals surface area contributed by atoms with Crippen molar-refractivity contribution in [2.24, 2.45) is 5.92 Å². The van der Waals surface area contributed by atoms with Gasteiger partial charge in [-0.1, -0.05) is 37.0 Å². The highest BCUT2D eigenvalue weighted by molar-refractivity contribution is 6.36. The SMILES string of the molecule is CC(C)[C@@H](NC(=O)c1ccc(Cl)cc1Cl)C(=O)NCCNC(=O)c1ccco1. The van der Waals surface area contributed by atoms with Crippen molar-refractivity contribution in [3.05, 3.63) is 58.0 Å². The van der Waals surface area contributed by atoms with Crippen molar-refractivity contribution in [3.8, 4) is 0 Å². The fraction of sp³-hybridized carbons (Fsp3) is 0.316. The lowest BCUT2D eigenvalue weighted by atomic mass is 10.0. The van der Waals surface area contributed by atoms with E-state index in [9.17, 15) is 14.4 Å². The topological polar surface area (TPSA) is 100 Å². The molecule has 0 aliphatic heterocycles. The van der Waals surface area contributed by atoms with E-state index in [2.05, 4.69) is 16.0 Å². The maximum atomic E-state index is 12.5. The Bertz CT molecular complexity index is 838. The Morgan fingerprint density at radius 2 is 1.75 bits per heavy atom. The summed E-state index contributed by atoms with van der Waals surface area (Å²) in [5, 5.41) is 8.62. The minimum absolute atomic E-state index is 0.160. The molecule has 0 fully saturated rings. The molecule has 3 amide bonds. The van der Waals surface area contributed by atoms with Crippen LogP contribution in [0.1, 0.15) is 34.8 Å². The molecule has 0 spiro atoms. The molecule has 2 rings (SSSR count). The van der Waals surface area contributed by atoms with Gasteiger partial charge in [0.2, 0.25) is 5.91 Å². The predicted octanol–water partition coefficient (Wildman–Crippen LogP) is 2.89. The first kappa shape index (κ1) is 21.8. The van der Waals surface area contributed by atoms with E-state index >= 15 is 0 Å². The molecule has 0 unspecified atom stereocenters. The highest BCUT2D eigenvalue weighted by Gasteiger charge is 2.25. The standard InChI is InChI=1S/C19H21Cl2N3O4/c1-11(2)16(24-17(25)13-6-5-12(20)10-14(13)21)19(27)23-8-7-22-18(26)15-4-3-9-28-15/h3-6,9-11,16H,7-8H2,1-2H3,(H,22,26)(H,23,27)(H,24,25)/t16-/m1/s1. The summed E-state index contributed by atoms with van der Waals surface area (Å²) in [5.41, 5.74) is 0.232. The lowest BCUT2D eigenvalue weighted by Gasteiger charge is -2.22. The molecular formula is C19H21Cl2N3O4. The minimum Gasteiger partial charge on any atom is -0.459 e. The van der Waals surface area contributed by atoms with Crippen LogP contribution in [-0.4, -0.2) is 36.9 Å². The molecule has 7 nitrogen and oxygen atoms in total. The van der Waals surface area contributed by atoms with Crippen LogP contribution in [0.15, 0.2) is 41.0 Å². The summed E-state index contributed by atoms with van der Waals surface area (Å²) in [4.78, 5) is 36.7. The van der Waals surface area contributed by atoms with Crippen LogP contribution in [0.4, 0.5) is 0 Å². The van der Waals surface area contributed by atoms with E-state index in [0.717, 1.165) is 0 Å². The summed E-state index contributed by atoms with van der Waals surface area (Å²) < 4.78 is 4.98. The van der Waals surface area contributed by atoms with Crippen LogP contribution in [0.3, 0.4) is 0 Å². The molecule has 0 aliphatic carbocycles. The maximum Gasteiger partial charge on any atom is 0.287 e. The molecule has 9 heteroatoms. The van der Waals surface area contributed by atoms with Crippen LogP contribution in [0.25, 0.3) is 0 Å². The van der Waals surface area contributed by atoms with Gasteiger partial charge in [-0.25, -0.2) is 0 Å². The van der Waals surface area contributed by atoms with Crippen molar-refractivity contribution >= 4 is 40.9 Å². The molecule has 0 bridgehead atoms. The number of carbonyl (C=O) groups is 3. The van der Waals surface area contributed by atoms with Gasteiger partial charge in [-0.05, 0) is 36.2 Å². The quantitative estimate of drug-likeness (QED) is 0.565. The molecule has 0 radical (unpaired) electrons. The number of furan rings is 1. The van der Waals surface area contributed by atoms with Crippen LogP contribution in [0, 0.1) is 5.92 Å². The highest BCUT2D eigenvalue weighted by atomic mass is 35.5. The molecule has 0 saturated heterocycles. The average molecular weight is 426 g/mol. The van der Waals surface area contributed by atoms with Gasteiger partial charge in [0.15, 0.2) is 5.76 Å². The van der Waals surface area contributed by atoms with Crippen LogP contribution < -0.4 is 16.0 Å². The third-order valence-electron chi connectivity index (χ3n) is 3.87. The van der Waals surface area contributed by atoms with Crippen LogP contribution >= 0.6 is 23.2 Å². The van der Waals surface area contributed by atoms with Gasteiger partial charge in [0.25, 0.3) is 11.8 Å². The molecule has 0 aliphatic rings. The van der Waals surface area contributed by atoms with Gasteiger partial charge < -0.3 is 20.4 Å². The Balaban J connectivity index is 1.87. The number of benzene rings is 1. The summed E-state index contributed by atoms with van der Waals surface area (Å²) in [6.07, 6.45) is 1.40. The van der Waals surface area contributed by atoms with Crippen molar-refractivity contribution in [2.75, 3.05) is 13.1 Å². The second-order valence-corrected chi connectivity index (χ2v) is 7.19. The molecule has 2 aromatic rings. The maximum absolute atomic E-state index is 12.5. The fourth-order valence-electron chi connectivity index (χ4n) is 2.39. The zero-order valence-corrected chi connectivity index (χ0v) is 16.9. The van der Waals surface area contributed by atoms with Crippen molar-refractivity contribution in [1.29, 1.82) is 0 Å². The molecule has 150 valence electrons. The van der Waals surface area contributed by atoms with Gasteiger partial charge >= 0.3 is 0 Å². The normalized spacial score (nSPS) is 11.8. The van der Waals surface area contributed by atoms with Crippen LogP contribution in [0.5, 0.6) is 0 Å². The molecule has 1 aromatic carbocycles. The second kappa shape index (κ2) is 10.1. The third kappa shape index (κ3) is 6.00. The number of hydrogen-bond donors (Lipinski definition) is 3. The van der Waals surface area contributed by atoms with E-state index in [1.54, 1.807) is 18.2 Å². The van der Waals surface area contributed by atoms with E-state index in [-0.39, 0.29) is 47.2 Å². The summed E-state index contributed by atoms with van der Waals surface area (Å²) in [6, 6.07) is 6.90. The molecule has 1 heterocycles. The van der Waals surface area contributed by atoms with E-state index in [0.29, 0.717) is 5.02 Å². The van der Waals surface area contributed by atoms with Crippen LogP contribution in [0.2, 0.25) is 10.0 Å². The van der Waals surface area contributed by atoms with Crippen LogP contribution in [-0.2, 0) is 4.79 Å². The van der Waals surface area contributed by atoms with Crippen molar-refractivity contribution in [1.82, 2.24) is 16.0 Å². The Labute approximate surface area is 172 Å². The first-order chi connectivity index (χ1) is 13.3. The molecular weight excluding hydrogens is 405 g/mol. The predicted molar refractivity (Wildman–Crippen MR) is 107 cm³/mol. The lowest BCUT2D eigenvalue weighted by Crippen LogP contribution is -2.50. The zero-order chi connectivity index (χ0) is 20.7. The zero-order valence-electron chi connectivity index (χ0n) is 15.4. The summed E-state index contributed by atoms with van der Waals surface area (Å²) in [7, 11) is 0. The highest BCUT2D eigenvalue weighted by Crippen LogP contribution is 2.21. The molecule has 28 heavy (non-hydrogen) atoms. The van der Waals surface area contributed by atoms with E-state index in [4.69, 9.17) is 27.6 Å². The molecule has 1 aromatic heterocycles. The van der Waals surface area contributed by atoms with E-state index < -0.39 is 11.9 Å². The van der Waals surface area contributed by atoms with Gasteiger partial charge in [0, 0.05) is 18.1 Å². The second-order valence-electron chi connectivity index (χ2n) is 6.34. The van der Waals surface area contributed by atoms with Gasteiger partial charge in [0.05, 0.1) is 16.8 Å². The summed E-state index contributed by atoms with van der Waals surface area (Å²) in [6.45, 7) is 4.04. The largest absolute Gasteiger partial charge is 0.459 e. The Morgan fingerprint density at radius 1 is 1.04 bits per heavy atom. The lowest BCUT2D eigenvalue weighted by molar-refractivity contribution is -0.123. The third-order valence-corrected chi connectivity index (χ3v) is 4.41. The monoisotopic (exact) mass is 425 g/mol.